The van der Waals surface area contributed by atoms with Crippen LogP contribution in [-0.2, 0) is 4.74 Å². The third-order valence-electron chi connectivity index (χ3n) is 10.5. The Morgan fingerprint density at radius 2 is 1.35 bits per heavy atom. The monoisotopic (exact) mass is 686 g/mol. The third kappa shape index (κ3) is 7.35. The highest BCUT2D eigenvalue weighted by Crippen LogP contribution is 2.30. The van der Waals surface area contributed by atoms with Crippen molar-refractivity contribution in [3.63, 3.8) is 0 Å². The first kappa shape index (κ1) is 33.4. The largest absolute Gasteiger partial charge is 0.494 e. The number of aromatic amines is 1. The fourth-order valence-corrected chi connectivity index (χ4v) is 7.61. The second-order valence-corrected chi connectivity index (χ2v) is 13.8. The van der Waals surface area contributed by atoms with Crippen LogP contribution in [0.1, 0.15) is 46.4 Å². The van der Waals surface area contributed by atoms with Crippen LogP contribution in [0.25, 0.3) is 33.2 Å². The van der Waals surface area contributed by atoms with Gasteiger partial charge in [0.1, 0.15) is 11.6 Å². The van der Waals surface area contributed by atoms with E-state index in [4.69, 9.17) is 14.5 Å². The number of rotatable bonds is 13. The standard InChI is InChI=1S/C41H46N6O4/c48-40-34-9-5-7-30-8-6-10-35(38(30)34)41(49)47(40)19-2-1-17-44-20-22-45(23-21-44)18-3-4-26-51-33-14-11-31(12-15-33)39-42-36-16-13-32(29-37(36)43-39)46-24-27-50-28-25-46/h5-16,29H,1-4,17-28H2,(H,42,43). The smallest absolute Gasteiger partial charge is 0.261 e. The van der Waals surface area contributed by atoms with Crippen LogP contribution in [0, 0.1) is 0 Å². The van der Waals surface area contributed by atoms with Gasteiger partial charge in [-0.05, 0) is 98.8 Å². The number of imidazole rings is 1. The summed E-state index contributed by atoms with van der Waals surface area (Å²) in [6.45, 7) is 10.9. The first-order chi connectivity index (χ1) is 25.1. The molecule has 2 fully saturated rings. The number of benzene rings is 4. The van der Waals surface area contributed by atoms with Gasteiger partial charge >= 0.3 is 0 Å². The van der Waals surface area contributed by atoms with E-state index >= 15 is 0 Å². The zero-order valence-electron chi connectivity index (χ0n) is 29.2. The van der Waals surface area contributed by atoms with E-state index in [9.17, 15) is 9.59 Å². The average Bonchev–Trinajstić information content (AvgIpc) is 3.61. The molecule has 2 saturated heterocycles. The van der Waals surface area contributed by atoms with Crippen molar-refractivity contribution in [2.45, 2.75) is 25.7 Å². The molecule has 0 atom stereocenters. The zero-order valence-corrected chi connectivity index (χ0v) is 29.2. The number of aromatic nitrogens is 2. The van der Waals surface area contributed by atoms with Gasteiger partial charge in [-0.15, -0.1) is 0 Å². The molecule has 4 heterocycles. The Labute approximate surface area is 298 Å². The number of unbranched alkanes of at least 4 members (excludes halogenated alkanes) is 2. The van der Waals surface area contributed by atoms with Gasteiger partial charge in [-0.2, -0.15) is 0 Å². The number of imide groups is 1. The Morgan fingerprint density at radius 3 is 2.04 bits per heavy atom. The summed E-state index contributed by atoms with van der Waals surface area (Å²) in [6, 6.07) is 26.0. The summed E-state index contributed by atoms with van der Waals surface area (Å²) < 4.78 is 11.6. The van der Waals surface area contributed by atoms with Crippen molar-refractivity contribution < 1.29 is 19.1 Å². The first-order valence-corrected chi connectivity index (χ1v) is 18.5. The van der Waals surface area contributed by atoms with Crippen molar-refractivity contribution in [3.8, 4) is 17.1 Å². The van der Waals surface area contributed by atoms with E-state index < -0.39 is 0 Å². The normalized spacial score (nSPS) is 17.2. The van der Waals surface area contributed by atoms with Gasteiger partial charge in [-0.3, -0.25) is 14.5 Å². The summed E-state index contributed by atoms with van der Waals surface area (Å²) in [5.74, 6) is 1.41. The molecule has 10 heteroatoms. The highest BCUT2D eigenvalue weighted by molar-refractivity contribution is 6.25. The van der Waals surface area contributed by atoms with Crippen molar-refractivity contribution >= 4 is 39.3 Å². The molecule has 3 aliphatic rings. The fraction of sp³-hybridized carbons (Fsp3) is 0.390. The number of fused-ring (bicyclic) bond motifs is 1. The SMILES string of the molecule is O=C1c2cccc3cccc(c23)C(=O)N1CCCCN1CCN(CCCCOc2ccc(-c3nc4ccc(N5CCOCC5)cc4[nH]3)cc2)CC1. The van der Waals surface area contributed by atoms with Crippen LogP contribution in [0.3, 0.4) is 0 Å². The molecule has 5 aromatic rings. The van der Waals surface area contributed by atoms with E-state index in [1.807, 2.05) is 48.5 Å². The molecule has 0 saturated carbocycles. The number of piperazine rings is 1. The molecule has 0 aliphatic carbocycles. The van der Waals surface area contributed by atoms with Gasteiger partial charge in [-0.1, -0.05) is 24.3 Å². The lowest BCUT2D eigenvalue weighted by atomic mass is 9.94. The summed E-state index contributed by atoms with van der Waals surface area (Å²) in [5, 5.41) is 1.74. The van der Waals surface area contributed by atoms with Gasteiger partial charge in [0.15, 0.2) is 0 Å². The molecule has 51 heavy (non-hydrogen) atoms. The molecule has 4 aromatic carbocycles. The average molecular weight is 687 g/mol. The molecule has 10 nitrogen and oxygen atoms in total. The van der Waals surface area contributed by atoms with Crippen molar-refractivity contribution in [1.82, 2.24) is 24.7 Å². The Morgan fingerprint density at radius 1 is 0.706 bits per heavy atom. The van der Waals surface area contributed by atoms with Crippen LogP contribution in [0.4, 0.5) is 5.69 Å². The van der Waals surface area contributed by atoms with E-state index in [2.05, 4.69) is 50.0 Å². The van der Waals surface area contributed by atoms with Crippen LogP contribution < -0.4 is 9.64 Å². The summed E-state index contributed by atoms with van der Waals surface area (Å²) in [4.78, 5) is 43.5. The third-order valence-corrected chi connectivity index (χ3v) is 10.5. The summed E-state index contributed by atoms with van der Waals surface area (Å²) >= 11 is 0. The van der Waals surface area contributed by atoms with Gasteiger partial charge in [0.05, 0.1) is 30.9 Å². The Hall–Kier alpha value is -4.77. The van der Waals surface area contributed by atoms with Crippen molar-refractivity contribution in [1.29, 1.82) is 0 Å². The highest BCUT2D eigenvalue weighted by Gasteiger charge is 2.32. The quantitative estimate of drug-likeness (QED) is 0.118. The predicted octanol–water partition coefficient (Wildman–Crippen LogP) is 6.07. The molecule has 0 spiro atoms. The van der Waals surface area contributed by atoms with Crippen molar-refractivity contribution in [2.24, 2.45) is 0 Å². The van der Waals surface area contributed by atoms with E-state index in [0.717, 1.165) is 130 Å². The van der Waals surface area contributed by atoms with Crippen LogP contribution in [0.2, 0.25) is 0 Å². The zero-order chi connectivity index (χ0) is 34.6. The van der Waals surface area contributed by atoms with Gasteiger partial charge in [0.25, 0.3) is 11.8 Å². The Kier molecular flexibility index (Phi) is 9.97. The number of hydrogen-bond donors (Lipinski definition) is 1. The summed E-state index contributed by atoms with van der Waals surface area (Å²) in [5.41, 5.74) is 5.53. The second-order valence-electron chi connectivity index (χ2n) is 13.8. The fourth-order valence-electron chi connectivity index (χ4n) is 7.61. The maximum atomic E-state index is 13.2. The number of hydrogen-bond acceptors (Lipinski definition) is 8. The van der Waals surface area contributed by atoms with Crippen LogP contribution in [-0.4, -0.2) is 115 Å². The van der Waals surface area contributed by atoms with Crippen LogP contribution >= 0.6 is 0 Å². The number of nitrogens with one attached hydrogen (secondary N) is 1. The minimum absolute atomic E-state index is 0.168. The highest BCUT2D eigenvalue weighted by atomic mass is 16.5. The minimum Gasteiger partial charge on any atom is -0.494 e. The Balaban J connectivity index is 0.712. The summed E-state index contributed by atoms with van der Waals surface area (Å²) in [7, 11) is 0. The maximum absolute atomic E-state index is 13.2. The van der Waals surface area contributed by atoms with E-state index in [1.54, 1.807) is 0 Å². The molecule has 264 valence electrons. The van der Waals surface area contributed by atoms with E-state index in [0.29, 0.717) is 24.3 Å². The number of carbonyl (C=O) groups is 2. The molecule has 0 radical (unpaired) electrons. The number of anilines is 1. The lowest BCUT2D eigenvalue weighted by Crippen LogP contribution is -2.47. The van der Waals surface area contributed by atoms with Gasteiger partial charge in [0, 0.05) is 73.6 Å². The maximum Gasteiger partial charge on any atom is 0.261 e. The summed E-state index contributed by atoms with van der Waals surface area (Å²) in [6.07, 6.45) is 3.91. The van der Waals surface area contributed by atoms with E-state index in [-0.39, 0.29) is 11.8 Å². The van der Waals surface area contributed by atoms with Gasteiger partial charge < -0.3 is 29.2 Å². The lowest BCUT2D eigenvalue weighted by Gasteiger charge is -2.35. The number of nitrogens with zero attached hydrogens (tertiary/aromatic N) is 5. The van der Waals surface area contributed by atoms with Gasteiger partial charge in [0.2, 0.25) is 0 Å². The number of H-pyrrole nitrogens is 1. The molecule has 1 aromatic heterocycles. The lowest BCUT2D eigenvalue weighted by molar-refractivity contribution is 0.0605. The molecule has 2 amide bonds. The molecule has 1 N–H and O–H groups in total. The topological polar surface area (TPSA) is 94.2 Å². The van der Waals surface area contributed by atoms with Crippen LogP contribution in [0.15, 0.2) is 78.9 Å². The van der Waals surface area contributed by atoms with Crippen molar-refractivity contribution in [3.05, 3.63) is 90.0 Å². The molecule has 3 aliphatic heterocycles. The molecule has 0 bridgehead atoms. The molecule has 8 rings (SSSR count). The first-order valence-electron chi connectivity index (χ1n) is 18.5. The molecular weight excluding hydrogens is 640 g/mol. The van der Waals surface area contributed by atoms with E-state index in [1.165, 1.54) is 10.6 Å². The van der Waals surface area contributed by atoms with Gasteiger partial charge in [-0.25, -0.2) is 4.98 Å². The number of ether oxygens (including phenoxy) is 2. The second kappa shape index (κ2) is 15.2. The Bertz CT molecular complexity index is 1940. The number of carbonyl (C=O) groups excluding carboxylic acids is 2. The van der Waals surface area contributed by atoms with Crippen LogP contribution in [0.5, 0.6) is 5.75 Å². The number of amides is 2. The minimum atomic E-state index is -0.168. The number of morpholine rings is 1. The molecule has 0 unspecified atom stereocenters. The predicted molar refractivity (Wildman–Crippen MR) is 201 cm³/mol. The molecular formula is C41H46N6O4. The van der Waals surface area contributed by atoms with Crippen molar-refractivity contribution in [2.75, 3.05) is 83.6 Å².